The van der Waals surface area contributed by atoms with Crippen LogP contribution in [0.5, 0.6) is 0 Å². The largest absolute Gasteiger partial charge is 0.324 e. The van der Waals surface area contributed by atoms with E-state index in [2.05, 4.69) is 5.32 Å². The van der Waals surface area contributed by atoms with E-state index in [9.17, 15) is 14.0 Å². The van der Waals surface area contributed by atoms with Crippen LogP contribution in [0.4, 0.5) is 10.1 Å². The number of alkyl halides is 2. The molecule has 2 atom stereocenters. The highest BCUT2D eigenvalue weighted by Crippen LogP contribution is 2.65. The van der Waals surface area contributed by atoms with Crippen molar-refractivity contribution < 1.29 is 14.0 Å². The van der Waals surface area contributed by atoms with Gasteiger partial charge in [0.1, 0.15) is 10.2 Å². The first kappa shape index (κ1) is 22.6. The molecule has 1 amide bonds. The Morgan fingerprint density at radius 3 is 2.41 bits per heavy atom. The van der Waals surface area contributed by atoms with Crippen molar-refractivity contribution in [3.05, 3.63) is 62.3 Å². The summed E-state index contributed by atoms with van der Waals surface area (Å²) in [6, 6.07) is 7.06. The third-order valence-corrected chi connectivity index (χ3v) is 6.68. The first-order valence-electron chi connectivity index (χ1n) is 8.74. The highest BCUT2D eigenvalue weighted by atomic mass is 35.5. The SMILES string of the molecule is CCCC(=O)c1c(Cl)ccc(NC(=O)C2C(c3ccc(F)c(Cl)c3)C2(Cl)Cl)c1Cl. The molecule has 1 fully saturated rings. The number of hydrogen-bond donors (Lipinski definition) is 1. The number of rotatable bonds is 6. The van der Waals surface area contributed by atoms with Crippen LogP contribution in [-0.4, -0.2) is 16.0 Å². The third-order valence-electron chi connectivity index (χ3n) is 4.74. The predicted molar refractivity (Wildman–Crippen MR) is 116 cm³/mol. The maximum absolute atomic E-state index is 13.4. The Labute approximate surface area is 192 Å². The van der Waals surface area contributed by atoms with Gasteiger partial charge in [-0.05, 0) is 36.2 Å². The third kappa shape index (κ3) is 4.38. The number of hydrogen-bond acceptors (Lipinski definition) is 2. The minimum Gasteiger partial charge on any atom is -0.324 e. The summed E-state index contributed by atoms with van der Waals surface area (Å²) in [7, 11) is 0. The molecule has 0 heterocycles. The Morgan fingerprint density at radius 2 is 1.79 bits per heavy atom. The summed E-state index contributed by atoms with van der Waals surface area (Å²) >= 11 is 30.9. The van der Waals surface area contributed by atoms with Gasteiger partial charge in [-0.15, -0.1) is 23.2 Å². The average Bonchev–Trinajstić information content (AvgIpc) is 3.22. The summed E-state index contributed by atoms with van der Waals surface area (Å²) in [6.07, 6.45) is 0.909. The monoisotopic (exact) mass is 495 g/mol. The molecule has 154 valence electrons. The number of benzene rings is 2. The normalized spacial score (nSPS) is 19.7. The molecule has 0 aliphatic heterocycles. The van der Waals surface area contributed by atoms with Gasteiger partial charge in [-0.25, -0.2) is 4.39 Å². The zero-order chi connectivity index (χ0) is 21.5. The summed E-state index contributed by atoms with van der Waals surface area (Å²) < 4.78 is 12.0. The molecule has 0 spiro atoms. The van der Waals surface area contributed by atoms with Crippen LogP contribution in [0.1, 0.15) is 41.6 Å². The zero-order valence-electron chi connectivity index (χ0n) is 15.0. The van der Waals surface area contributed by atoms with Gasteiger partial charge in [0, 0.05) is 12.3 Å². The number of nitrogens with one attached hydrogen (secondary N) is 1. The van der Waals surface area contributed by atoms with Crippen LogP contribution in [0.2, 0.25) is 15.1 Å². The van der Waals surface area contributed by atoms with Crippen molar-refractivity contribution in [2.75, 3.05) is 5.32 Å². The summed E-state index contributed by atoms with van der Waals surface area (Å²) in [4.78, 5) is 25.1. The molecule has 1 aliphatic carbocycles. The van der Waals surface area contributed by atoms with E-state index < -0.39 is 27.9 Å². The molecule has 1 aliphatic rings. The number of carbonyl (C=O) groups excluding carboxylic acids is 2. The molecule has 2 unspecified atom stereocenters. The van der Waals surface area contributed by atoms with Crippen LogP contribution >= 0.6 is 58.0 Å². The fourth-order valence-corrected chi connectivity index (χ4v) is 4.89. The Hall–Kier alpha value is -1.04. The zero-order valence-corrected chi connectivity index (χ0v) is 18.8. The van der Waals surface area contributed by atoms with Crippen molar-refractivity contribution in [2.45, 2.75) is 30.0 Å². The van der Waals surface area contributed by atoms with Gasteiger partial charge in [0.2, 0.25) is 5.91 Å². The molecular formula is C20H15Cl5FNO2. The number of amides is 1. The second-order valence-electron chi connectivity index (χ2n) is 6.75. The fraction of sp³-hybridized carbons (Fsp3) is 0.300. The predicted octanol–water partition coefficient (Wildman–Crippen LogP) is 7.29. The molecule has 2 aromatic carbocycles. The van der Waals surface area contributed by atoms with Gasteiger partial charge >= 0.3 is 0 Å². The van der Waals surface area contributed by atoms with Crippen LogP contribution in [0.15, 0.2) is 30.3 Å². The fourth-order valence-electron chi connectivity index (χ4n) is 3.24. The van der Waals surface area contributed by atoms with E-state index in [1.807, 2.05) is 6.92 Å². The molecular weight excluding hydrogens is 482 g/mol. The maximum Gasteiger partial charge on any atom is 0.231 e. The molecule has 0 radical (unpaired) electrons. The minimum atomic E-state index is -1.38. The number of halogens is 6. The van der Waals surface area contributed by atoms with Gasteiger partial charge in [-0.1, -0.05) is 47.8 Å². The minimum absolute atomic E-state index is 0.0565. The van der Waals surface area contributed by atoms with Crippen LogP contribution in [0.3, 0.4) is 0 Å². The van der Waals surface area contributed by atoms with Crippen LogP contribution in [-0.2, 0) is 4.79 Å². The van der Waals surface area contributed by atoms with Gasteiger partial charge in [0.05, 0.1) is 32.2 Å². The van der Waals surface area contributed by atoms with E-state index in [4.69, 9.17) is 58.0 Å². The molecule has 1 N–H and O–H groups in total. The summed E-state index contributed by atoms with van der Waals surface area (Å²) in [5.74, 6) is -2.67. The average molecular weight is 498 g/mol. The molecule has 0 bridgehead atoms. The topological polar surface area (TPSA) is 46.2 Å². The molecule has 2 aromatic rings. The van der Waals surface area contributed by atoms with E-state index in [0.29, 0.717) is 12.0 Å². The van der Waals surface area contributed by atoms with Gasteiger partial charge in [0.15, 0.2) is 5.78 Å². The van der Waals surface area contributed by atoms with Crippen molar-refractivity contribution in [1.82, 2.24) is 0 Å². The highest BCUT2D eigenvalue weighted by molar-refractivity contribution is 6.53. The molecule has 3 nitrogen and oxygen atoms in total. The lowest BCUT2D eigenvalue weighted by Gasteiger charge is -2.12. The second-order valence-corrected chi connectivity index (χ2v) is 9.39. The van der Waals surface area contributed by atoms with Crippen molar-refractivity contribution >= 4 is 75.4 Å². The summed E-state index contributed by atoms with van der Waals surface area (Å²) in [5, 5.41) is 2.84. The Morgan fingerprint density at radius 1 is 1.10 bits per heavy atom. The van der Waals surface area contributed by atoms with Gasteiger partial charge in [-0.2, -0.15) is 0 Å². The van der Waals surface area contributed by atoms with Crippen molar-refractivity contribution in [3.63, 3.8) is 0 Å². The molecule has 0 saturated heterocycles. The first-order chi connectivity index (χ1) is 13.6. The lowest BCUT2D eigenvalue weighted by Crippen LogP contribution is -2.18. The van der Waals surface area contributed by atoms with Crippen LogP contribution < -0.4 is 5.32 Å². The second kappa shape index (κ2) is 8.60. The lowest BCUT2D eigenvalue weighted by atomic mass is 10.1. The summed E-state index contributed by atoms with van der Waals surface area (Å²) in [6.45, 7) is 1.86. The van der Waals surface area contributed by atoms with E-state index in [1.165, 1.54) is 30.3 Å². The maximum atomic E-state index is 13.4. The van der Waals surface area contributed by atoms with E-state index in [0.717, 1.165) is 0 Å². The van der Waals surface area contributed by atoms with Gasteiger partial charge < -0.3 is 5.32 Å². The van der Waals surface area contributed by atoms with E-state index in [1.54, 1.807) is 0 Å². The number of Topliss-reactive ketones (excluding diaryl/α,β-unsaturated/α-hetero) is 1. The first-order valence-corrected chi connectivity index (χ1v) is 10.6. The lowest BCUT2D eigenvalue weighted by molar-refractivity contribution is -0.117. The standard InChI is InChI=1S/C20H15Cl5FNO2/c1-2-3-14(28)15-10(21)5-7-13(18(15)23)27-19(29)17-16(20(17,24)25)9-4-6-12(26)11(22)8-9/h4-8,16-17H,2-3H2,1H3,(H,27,29). The molecule has 1 saturated carbocycles. The molecule has 9 heteroatoms. The number of anilines is 1. The Bertz CT molecular complexity index is 995. The number of ketones is 1. The highest BCUT2D eigenvalue weighted by Gasteiger charge is 2.67. The smallest absolute Gasteiger partial charge is 0.231 e. The van der Waals surface area contributed by atoms with Crippen LogP contribution in [0.25, 0.3) is 0 Å². The van der Waals surface area contributed by atoms with Crippen molar-refractivity contribution in [2.24, 2.45) is 5.92 Å². The molecule has 0 aromatic heterocycles. The van der Waals surface area contributed by atoms with Gasteiger partial charge in [-0.3, -0.25) is 9.59 Å². The molecule has 3 rings (SSSR count). The van der Waals surface area contributed by atoms with E-state index in [-0.39, 0.29) is 38.5 Å². The van der Waals surface area contributed by atoms with E-state index >= 15 is 0 Å². The quantitative estimate of drug-likeness (QED) is 0.336. The Balaban J connectivity index is 1.84. The number of carbonyl (C=O) groups is 2. The van der Waals surface area contributed by atoms with Crippen molar-refractivity contribution in [1.29, 1.82) is 0 Å². The Kier molecular flexibility index (Phi) is 6.72. The summed E-state index contributed by atoms with van der Waals surface area (Å²) in [5.41, 5.74) is 0.934. The molecule has 29 heavy (non-hydrogen) atoms. The van der Waals surface area contributed by atoms with Crippen molar-refractivity contribution in [3.8, 4) is 0 Å². The van der Waals surface area contributed by atoms with Gasteiger partial charge in [0.25, 0.3) is 0 Å². The van der Waals surface area contributed by atoms with Crippen LogP contribution in [0, 0.1) is 11.7 Å².